The Hall–Kier alpha value is -2.62. The highest BCUT2D eigenvalue weighted by molar-refractivity contribution is 5.68. The molecule has 1 atom stereocenters. The minimum atomic E-state index is -1.07. The van der Waals surface area contributed by atoms with E-state index >= 15 is 0 Å². The van der Waals surface area contributed by atoms with Gasteiger partial charge in [0.1, 0.15) is 6.61 Å². The lowest BCUT2D eigenvalue weighted by atomic mass is 10.1. The third kappa shape index (κ3) is 3.95. The van der Waals surface area contributed by atoms with Gasteiger partial charge in [-0.15, -0.1) is 0 Å². The van der Waals surface area contributed by atoms with Crippen LogP contribution in [-0.2, 0) is 20.9 Å². The van der Waals surface area contributed by atoms with Crippen LogP contribution in [0.25, 0.3) is 0 Å². The Balaban J connectivity index is 1.88. The molecule has 0 spiro atoms. The van der Waals surface area contributed by atoms with Gasteiger partial charge >= 0.3 is 6.16 Å². The van der Waals surface area contributed by atoms with Gasteiger partial charge in [-0.05, 0) is 5.56 Å². The summed E-state index contributed by atoms with van der Waals surface area (Å²) < 4.78 is 9.86. The van der Waals surface area contributed by atoms with Gasteiger partial charge in [-0.1, -0.05) is 60.7 Å². The van der Waals surface area contributed by atoms with Gasteiger partial charge in [0.15, 0.2) is 6.10 Å². The molecule has 2 aromatic rings. The minimum absolute atomic E-state index is 0.0973. The molecule has 0 aromatic heterocycles. The zero-order valence-corrected chi connectivity index (χ0v) is 10.7. The molecular weight excluding hydrogens is 256 g/mol. The minimum Gasteiger partial charge on any atom is -0.429 e. The maximum absolute atomic E-state index is 11.5. The predicted octanol–water partition coefficient (Wildman–Crippen LogP) is 3.19. The summed E-state index contributed by atoms with van der Waals surface area (Å²) in [7, 11) is 0. The highest BCUT2D eigenvalue weighted by Crippen LogP contribution is 2.15. The molecule has 0 saturated heterocycles. The van der Waals surface area contributed by atoms with Crippen LogP contribution in [0.3, 0.4) is 0 Å². The van der Waals surface area contributed by atoms with E-state index in [0.29, 0.717) is 5.56 Å². The molecule has 0 N–H and O–H groups in total. The van der Waals surface area contributed by atoms with Crippen molar-refractivity contribution in [3.63, 3.8) is 0 Å². The fourth-order valence-electron chi connectivity index (χ4n) is 1.63. The van der Waals surface area contributed by atoms with E-state index in [1.807, 2.05) is 30.3 Å². The first kappa shape index (κ1) is 13.8. The van der Waals surface area contributed by atoms with Crippen molar-refractivity contribution in [3.05, 3.63) is 71.8 Å². The largest absolute Gasteiger partial charge is 0.509 e. The molecule has 4 heteroatoms. The van der Waals surface area contributed by atoms with Gasteiger partial charge in [0.25, 0.3) is 0 Å². The summed E-state index contributed by atoms with van der Waals surface area (Å²) in [6.45, 7) is 0.0973. The Labute approximate surface area is 116 Å². The van der Waals surface area contributed by atoms with Crippen molar-refractivity contribution in [2.24, 2.45) is 0 Å². The molecule has 20 heavy (non-hydrogen) atoms. The van der Waals surface area contributed by atoms with Crippen LogP contribution in [0.2, 0.25) is 0 Å². The Morgan fingerprint density at radius 2 is 1.60 bits per heavy atom. The highest BCUT2D eigenvalue weighted by Gasteiger charge is 2.17. The molecular formula is C16H13O4. The van der Waals surface area contributed by atoms with Gasteiger partial charge < -0.3 is 9.47 Å². The molecule has 0 fully saturated rings. The van der Waals surface area contributed by atoms with E-state index in [1.165, 1.54) is 0 Å². The van der Waals surface area contributed by atoms with E-state index in [9.17, 15) is 9.59 Å². The molecule has 0 bridgehead atoms. The summed E-state index contributed by atoms with van der Waals surface area (Å²) >= 11 is 0. The summed E-state index contributed by atoms with van der Waals surface area (Å²) in [4.78, 5) is 22.4. The zero-order chi connectivity index (χ0) is 14.2. The highest BCUT2D eigenvalue weighted by atomic mass is 16.7. The first-order valence-corrected chi connectivity index (χ1v) is 6.09. The van der Waals surface area contributed by atoms with E-state index in [1.54, 1.807) is 36.6 Å². The van der Waals surface area contributed by atoms with Crippen molar-refractivity contribution in [2.75, 3.05) is 0 Å². The smallest absolute Gasteiger partial charge is 0.429 e. The van der Waals surface area contributed by atoms with Crippen molar-refractivity contribution in [3.8, 4) is 0 Å². The van der Waals surface area contributed by atoms with E-state index < -0.39 is 12.3 Å². The van der Waals surface area contributed by atoms with Crippen LogP contribution in [0, 0.1) is 0 Å². The van der Waals surface area contributed by atoms with Gasteiger partial charge in [0.2, 0.25) is 6.29 Å². The lowest BCUT2D eigenvalue weighted by molar-refractivity contribution is 0.0361. The van der Waals surface area contributed by atoms with Crippen LogP contribution >= 0.6 is 0 Å². The van der Waals surface area contributed by atoms with Crippen LogP contribution in [0.15, 0.2) is 60.7 Å². The number of rotatable bonds is 5. The fraction of sp³-hybridized carbons (Fsp3) is 0.125. The van der Waals surface area contributed by atoms with Crippen LogP contribution in [0.1, 0.15) is 17.2 Å². The quantitative estimate of drug-likeness (QED) is 0.782. The first-order chi connectivity index (χ1) is 9.79. The molecule has 4 nitrogen and oxygen atoms in total. The second-order valence-electron chi connectivity index (χ2n) is 4.05. The maximum Gasteiger partial charge on any atom is 0.509 e. The van der Waals surface area contributed by atoms with Crippen molar-refractivity contribution in [1.29, 1.82) is 0 Å². The van der Waals surface area contributed by atoms with Crippen LogP contribution in [0.4, 0.5) is 4.79 Å². The second-order valence-corrected chi connectivity index (χ2v) is 4.05. The first-order valence-electron chi connectivity index (χ1n) is 6.09. The predicted molar refractivity (Wildman–Crippen MR) is 72.6 cm³/mol. The molecule has 2 rings (SSSR count). The van der Waals surface area contributed by atoms with E-state index in [4.69, 9.17) is 9.47 Å². The summed E-state index contributed by atoms with van der Waals surface area (Å²) in [6.07, 6.45) is -0.293. The average Bonchev–Trinajstić information content (AvgIpc) is 2.52. The topological polar surface area (TPSA) is 52.6 Å². The molecule has 1 unspecified atom stereocenters. The van der Waals surface area contributed by atoms with E-state index in [0.717, 1.165) is 5.56 Å². The van der Waals surface area contributed by atoms with Crippen molar-refractivity contribution >= 4 is 12.4 Å². The number of carbonyl (C=O) groups is 1. The van der Waals surface area contributed by atoms with Crippen LogP contribution < -0.4 is 0 Å². The zero-order valence-electron chi connectivity index (χ0n) is 10.7. The van der Waals surface area contributed by atoms with E-state index in [2.05, 4.69) is 0 Å². The van der Waals surface area contributed by atoms with Crippen molar-refractivity contribution < 1.29 is 19.1 Å². The number of hydrogen-bond donors (Lipinski definition) is 0. The summed E-state index contributed by atoms with van der Waals surface area (Å²) in [5, 5.41) is 0. The number of ether oxygens (including phenoxy) is 2. The molecule has 0 aliphatic rings. The number of hydrogen-bond acceptors (Lipinski definition) is 4. The Morgan fingerprint density at radius 3 is 2.20 bits per heavy atom. The Morgan fingerprint density at radius 1 is 1.00 bits per heavy atom. The van der Waals surface area contributed by atoms with Crippen molar-refractivity contribution in [1.82, 2.24) is 0 Å². The fourth-order valence-corrected chi connectivity index (χ4v) is 1.63. The molecule has 0 heterocycles. The molecule has 101 valence electrons. The van der Waals surface area contributed by atoms with E-state index in [-0.39, 0.29) is 6.61 Å². The Kier molecular flexibility index (Phi) is 4.89. The van der Waals surface area contributed by atoms with Crippen molar-refractivity contribution in [2.45, 2.75) is 12.7 Å². The SMILES string of the molecule is O=[C]C(OC(=O)OCc1ccccc1)c1ccccc1. The molecule has 0 aliphatic carbocycles. The lowest BCUT2D eigenvalue weighted by Gasteiger charge is -2.11. The average molecular weight is 269 g/mol. The monoisotopic (exact) mass is 269 g/mol. The third-order valence-corrected chi connectivity index (χ3v) is 2.62. The number of carbonyl (C=O) groups excluding carboxylic acids is 2. The maximum atomic E-state index is 11.5. The molecule has 0 saturated carbocycles. The standard InChI is InChI=1S/C16H13O4/c17-11-15(14-9-5-2-6-10-14)20-16(18)19-12-13-7-3-1-4-8-13/h1-10,15H,12H2. The second kappa shape index (κ2) is 7.09. The van der Waals surface area contributed by atoms with Gasteiger partial charge in [0.05, 0.1) is 0 Å². The van der Waals surface area contributed by atoms with Gasteiger partial charge in [-0.25, -0.2) is 4.79 Å². The lowest BCUT2D eigenvalue weighted by Crippen LogP contribution is -2.13. The van der Waals surface area contributed by atoms with Gasteiger partial charge in [-0.2, -0.15) is 0 Å². The molecule has 1 radical (unpaired) electrons. The van der Waals surface area contributed by atoms with Crippen LogP contribution in [-0.4, -0.2) is 12.4 Å². The molecule has 0 amide bonds. The Bertz CT molecular complexity index is 551. The molecule has 2 aromatic carbocycles. The summed E-state index contributed by atoms with van der Waals surface area (Å²) in [5.74, 6) is 0. The normalized spacial score (nSPS) is 11.4. The third-order valence-electron chi connectivity index (χ3n) is 2.62. The molecule has 0 aliphatic heterocycles. The van der Waals surface area contributed by atoms with Gasteiger partial charge in [-0.3, -0.25) is 4.79 Å². The van der Waals surface area contributed by atoms with Crippen LogP contribution in [0.5, 0.6) is 0 Å². The number of benzene rings is 2. The summed E-state index contributed by atoms with van der Waals surface area (Å²) in [6, 6.07) is 17.9. The summed E-state index contributed by atoms with van der Waals surface area (Å²) in [5.41, 5.74) is 1.40. The van der Waals surface area contributed by atoms with Gasteiger partial charge in [0, 0.05) is 5.56 Å².